The predicted molar refractivity (Wildman–Crippen MR) is 126 cm³/mol. The fourth-order valence-electron chi connectivity index (χ4n) is 4.10. The second kappa shape index (κ2) is 9.24. The van der Waals surface area contributed by atoms with Gasteiger partial charge in [-0.05, 0) is 34.0 Å². The highest BCUT2D eigenvalue weighted by Crippen LogP contribution is 2.30. The van der Waals surface area contributed by atoms with Crippen molar-refractivity contribution in [2.24, 2.45) is 0 Å². The van der Waals surface area contributed by atoms with E-state index in [0.29, 0.717) is 24.5 Å². The summed E-state index contributed by atoms with van der Waals surface area (Å²) in [7, 11) is 3.00. The molecule has 0 unspecified atom stereocenters. The monoisotopic (exact) mass is 454 g/mol. The zero-order valence-corrected chi connectivity index (χ0v) is 18.7. The third kappa shape index (κ3) is 3.93. The molecule has 0 amide bonds. The summed E-state index contributed by atoms with van der Waals surface area (Å²) in [6.07, 6.45) is 0. The second-order valence-corrected chi connectivity index (χ2v) is 7.69. The van der Waals surface area contributed by atoms with Gasteiger partial charge in [0.05, 0.1) is 23.7 Å². The molecule has 0 saturated heterocycles. The van der Waals surface area contributed by atoms with Crippen LogP contribution in [0.15, 0.2) is 66.7 Å². The summed E-state index contributed by atoms with van der Waals surface area (Å²) in [5.74, 6) is 0.883. The molecule has 0 atom stereocenters. The number of ether oxygens (including phenoxy) is 2. The highest BCUT2D eigenvalue weighted by atomic mass is 16.5. The van der Waals surface area contributed by atoms with Gasteiger partial charge in [0.15, 0.2) is 0 Å². The van der Waals surface area contributed by atoms with Crippen molar-refractivity contribution < 1.29 is 14.3 Å². The van der Waals surface area contributed by atoms with E-state index in [1.54, 1.807) is 19.2 Å². The lowest BCUT2D eigenvalue weighted by atomic mass is 9.98. The maximum atomic E-state index is 12.4. The zero-order chi connectivity index (χ0) is 23.5. The molecule has 170 valence electrons. The number of nitrogens with one attached hydrogen (secondary N) is 1. The number of H-pyrrole nitrogens is 1. The summed E-state index contributed by atoms with van der Waals surface area (Å²) >= 11 is 0. The van der Waals surface area contributed by atoms with E-state index in [9.17, 15) is 4.79 Å². The van der Waals surface area contributed by atoms with Crippen LogP contribution in [0.1, 0.15) is 21.7 Å². The number of methoxy groups -OCH3 is 2. The van der Waals surface area contributed by atoms with Gasteiger partial charge in [-0.15, -0.1) is 10.2 Å². The van der Waals surface area contributed by atoms with Gasteiger partial charge < -0.3 is 14.0 Å². The Bertz CT molecular complexity index is 1440. The molecule has 34 heavy (non-hydrogen) atoms. The average Bonchev–Trinajstić information content (AvgIpc) is 3.53. The second-order valence-electron chi connectivity index (χ2n) is 7.69. The quantitative estimate of drug-likeness (QED) is 0.372. The fourth-order valence-corrected chi connectivity index (χ4v) is 4.10. The van der Waals surface area contributed by atoms with Gasteiger partial charge in [0.25, 0.3) is 0 Å². The van der Waals surface area contributed by atoms with Gasteiger partial charge in [0, 0.05) is 19.2 Å². The lowest BCUT2D eigenvalue weighted by Gasteiger charge is -2.12. The smallest absolute Gasteiger partial charge is 0.340 e. The van der Waals surface area contributed by atoms with Crippen LogP contribution in [0, 0.1) is 0 Å². The molecule has 0 saturated carbocycles. The molecule has 0 fully saturated rings. The first kappa shape index (κ1) is 21.5. The number of hydrogen-bond acceptors (Lipinski definition) is 7. The van der Waals surface area contributed by atoms with Crippen LogP contribution in [-0.4, -0.2) is 50.4 Å². The van der Waals surface area contributed by atoms with Crippen molar-refractivity contribution in [3.05, 3.63) is 83.7 Å². The molecule has 0 bridgehead atoms. The largest absolute Gasteiger partial charge is 0.465 e. The summed E-state index contributed by atoms with van der Waals surface area (Å²) in [6.45, 7) is 0.849. The predicted octanol–water partition coefficient (Wildman–Crippen LogP) is 3.86. The minimum atomic E-state index is -0.399. The minimum absolute atomic E-state index is 0.325. The third-order valence-electron chi connectivity index (χ3n) is 5.64. The van der Waals surface area contributed by atoms with Crippen LogP contribution in [0.25, 0.3) is 33.5 Å². The Morgan fingerprint density at radius 1 is 0.971 bits per heavy atom. The van der Waals surface area contributed by atoms with Crippen molar-refractivity contribution in [2.75, 3.05) is 14.2 Å². The standard InChI is InChI=1S/C25H22N6O3/c1-33-15-22-26-21-9-5-8-20(25(32)34-2)23(21)31(22)14-16-10-12-17(13-11-16)18-6-3-4-7-19(18)24-27-29-30-28-24/h3-13H,14-15H2,1-2H3,(H,27,28,29,30). The number of carbonyl (C=O) groups excluding carboxylic acids is 1. The lowest BCUT2D eigenvalue weighted by Crippen LogP contribution is -2.10. The van der Waals surface area contributed by atoms with Crippen molar-refractivity contribution in [2.45, 2.75) is 13.2 Å². The van der Waals surface area contributed by atoms with E-state index in [0.717, 1.165) is 39.1 Å². The molecule has 0 aliphatic heterocycles. The number of fused-ring (bicyclic) bond motifs is 1. The molecule has 9 nitrogen and oxygen atoms in total. The summed E-state index contributed by atoms with van der Waals surface area (Å²) < 4.78 is 12.4. The molecule has 2 aromatic heterocycles. The molecule has 9 heteroatoms. The first-order chi connectivity index (χ1) is 16.7. The van der Waals surface area contributed by atoms with Crippen molar-refractivity contribution >= 4 is 17.0 Å². The molecule has 1 N–H and O–H groups in total. The Morgan fingerprint density at radius 2 is 1.76 bits per heavy atom. The number of benzene rings is 3. The minimum Gasteiger partial charge on any atom is -0.465 e. The molecule has 0 spiro atoms. The van der Waals surface area contributed by atoms with Gasteiger partial charge in [0.1, 0.15) is 12.4 Å². The van der Waals surface area contributed by atoms with Crippen molar-refractivity contribution in [3.63, 3.8) is 0 Å². The molecule has 5 aromatic rings. The van der Waals surface area contributed by atoms with Crippen LogP contribution in [-0.2, 0) is 22.6 Å². The van der Waals surface area contributed by atoms with Crippen LogP contribution >= 0.6 is 0 Å². The van der Waals surface area contributed by atoms with E-state index < -0.39 is 5.97 Å². The molecule has 2 heterocycles. The molecular formula is C25H22N6O3. The molecule has 0 aliphatic carbocycles. The molecule has 0 aliphatic rings. The number of imidazole rings is 1. The third-order valence-corrected chi connectivity index (χ3v) is 5.64. The van der Waals surface area contributed by atoms with Crippen LogP contribution in [0.3, 0.4) is 0 Å². The fraction of sp³-hybridized carbons (Fsp3) is 0.160. The van der Waals surface area contributed by atoms with Gasteiger partial charge in [-0.2, -0.15) is 5.21 Å². The van der Waals surface area contributed by atoms with E-state index in [1.165, 1.54) is 7.11 Å². The lowest BCUT2D eigenvalue weighted by molar-refractivity contribution is 0.0602. The average molecular weight is 454 g/mol. The van der Waals surface area contributed by atoms with Crippen LogP contribution in [0.5, 0.6) is 0 Å². The number of hydrogen-bond donors (Lipinski definition) is 1. The Morgan fingerprint density at radius 3 is 2.47 bits per heavy atom. The number of aromatic amines is 1. The van der Waals surface area contributed by atoms with Gasteiger partial charge in [-0.1, -0.05) is 54.6 Å². The topological polar surface area (TPSA) is 108 Å². The molecule has 5 rings (SSSR count). The van der Waals surface area contributed by atoms with Crippen molar-refractivity contribution in [1.82, 2.24) is 30.2 Å². The number of tetrazole rings is 1. The normalized spacial score (nSPS) is 11.1. The van der Waals surface area contributed by atoms with Gasteiger partial charge in [-0.25, -0.2) is 9.78 Å². The molecular weight excluding hydrogens is 432 g/mol. The summed E-state index contributed by atoms with van der Waals surface area (Å²) in [4.78, 5) is 17.1. The maximum absolute atomic E-state index is 12.4. The molecule has 3 aromatic carbocycles. The number of nitrogens with zero attached hydrogens (tertiary/aromatic N) is 5. The highest BCUT2D eigenvalue weighted by Gasteiger charge is 2.19. The van der Waals surface area contributed by atoms with Crippen LogP contribution in [0.2, 0.25) is 0 Å². The van der Waals surface area contributed by atoms with Gasteiger partial charge in [-0.3, -0.25) is 0 Å². The first-order valence-electron chi connectivity index (χ1n) is 10.7. The van der Waals surface area contributed by atoms with E-state index in [2.05, 4.69) is 49.9 Å². The Labute approximate surface area is 195 Å². The van der Waals surface area contributed by atoms with E-state index in [4.69, 9.17) is 9.47 Å². The van der Waals surface area contributed by atoms with Crippen molar-refractivity contribution in [1.29, 1.82) is 0 Å². The maximum Gasteiger partial charge on any atom is 0.340 e. The molecule has 0 radical (unpaired) electrons. The highest BCUT2D eigenvalue weighted by molar-refractivity contribution is 6.02. The summed E-state index contributed by atoms with van der Waals surface area (Å²) in [6, 6.07) is 21.6. The van der Waals surface area contributed by atoms with Gasteiger partial charge >= 0.3 is 5.97 Å². The first-order valence-corrected chi connectivity index (χ1v) is 10.7. The van der Waals surface area contributed by atoms with Crippen LogP contribution < -0.4 is 0 Å². The Kier molecular flexibility index (Phi) is 5.84. The van der Waals surface area contributed by atoms with Gasteiger partial charge in [0.2, 0.25) is 5.82 Å². The number of para-hydroxylation sites is 1. The zero-order valence-electron chi connectivity index (χ0n) is 18.7. The number of carbonyl (C=O) groups is 1. The number of aromatic nitrogens is 6. The Balaban J connectivity index is 1.53. The Hall–Kier alpha value is -4.37. The van der Waals surface area contributed by atoms with E-state index >= 15 is 0 Å². The SMILES string of the molecule is COCc1nc2cccc(C(=O)OC)c2n1Cc1ccc(-c2ccccc2-c2nn[nH]n2)cc1. The van der Waals surface area contributed by atoms with E-state index in [1.807, 2.05) is 34.9 Å². The number of esters is 1. The van der Waals surface area contributed by atoms with Crippen molar-refractivity contribution in [3.8, 4) is 22.5 Å². The van der Waals surface area contributed by atoms with E-state index in [-0.39, 0.29) is 0 Å². The number of rotatable bonds is 7. The summed E-state index contributed by atoms with van der Waals surface area (Å²) in [5, 5.41) is 14.4. The summed E-state index contributed by atoms with van der Waals surface area (Å²) in [5.41, 5.74) is 5.92. The van der Waals surface area contributed by atoms with Crippen LogP contribution in [0.4, 0.5) is 0 Å².